The van der Waals surface area contributed by atoms with Gasteiger partial charge in [-0.3, -0.25) is 9.69 Å². The smallest absolute Gasteiger partial charge is 0.417 e. The van der Waals surface area contributed by atoms with E-state index in [1.165, 1.54) is 54.5 Å². The zero-order valence-corrected chi connectivity index (χ0v) is 16.0. The largest absolute Gasteiger partial charge is 0.466 e. The van der Waals surface area contributed by atoms with Crippen LogP contribution in [0.5, 0.6) is 0 Å². The van der Waals surface area contributed by atoms with Gasteiger partial charge in [-0.05, 0) is 29.7 Å². The maximum atomic E-state index is 13.4. The number of anilines is 1. The van der Waals surface area contributed by atoms with Crippen molar-refractivity contribution in [2.75, 3.05) is 18.6 Å². The standard InChI is InChI=1S/C21H15F3N2O5/c1-30-19(28)17-10-26(20(29)31-17)12-7-6-11-8-16(25-18(27)14(11)9-12)13-4-2-3-5-15(13)21(22,23)24/h2-9,17H,10H2,1H3,(H,25,27)/t17-/m1/s1. The monoisotopic (exact) mass is 432 g/mol. The molecule has 4 rings (SSSR count). The van der Waals surface area contributed by atoms with Crippen molar-refractivity contribution in [3.8, 4) is 11.3 Å². The van der Waals surface area contributed by atoms with Gasteiger partial charge in [0.2, 0.25) is 6.10 Å². The molecule has 10 heteroatoms. The predicted octanol–water partition coefficient (Wildman–Crippen LogP) is 3.71. The molecule has 0 saturated carbocycles. The van der Waals surface area contributed by atoms with Gasteiger partial charge in [0.1, 0.15) is 0 Å². The number of pyridine rings is 1. The van der Waals surface area contributed by atoms with Crippen LogP contribution in [0, 0.1) is 0 Å². The lowest BCUT2D eigenvalue weighted by Crippen LogP contribution is -2.28. The molecule has 31 heavy (non-hydrogen) atoms. The quantitative estimate of drug-likeness (QED) is 0.638. The Balaban J connectivity index is 1.75. The number of nitrogens with one attached hydrogen (secondary N) is 1. The number of cyclic esters (lactones) is 1. The highest BCUT2D eigenvalue weighted by Crippen LogP contribution is 2.36. The Kier molecular flexibility index (Phi) is 4.92. The number of halogens is 3. The number of rotatable bonds is 3. The summed E-state index contributed by atoms with van der Waals surface area (Å²) in [5.41, 5.74) is -1.32. The molecule has 0 aliphatic carbocycles. The number of aromatic nitrogens is 1. The molecular formula is C21H15F3N2O5. The molecule has 0 radical (unpaired) electrons. The molecular weight excluding hydrogens is 417 g/mol. The van der Waals surface area contributed by atoms with E-state index >= 15 is 0 Å². The number of hydrogen-bond acceptors (Lipinski definition) is 5. The summed E-state index contributed by atoms with van der Waals surface area (Å²) >= 11 is 0. The van der Waals surface area contributed by atoms with Gasteiger partial charge in [0.05, 0.1) is 19.2 Å². The van der Waals surface area contributed by atoms with Gasteiger partial charge >= 0.3 is 18.2 Å². The Bertz CT molecular complexity index is 1250. The van der Waals surface area contributed by atoms with E-state index in [9.17, 15) is 27.6 Å². The Labute approximate surface area is 173 Å². The lowest BCUT2D eigenvalue weighted by Gasteiger charge is -2.15. The highest BCUT2D eigenvalue weighted by molar-refractivity contribution is 5.97. The first kappa shape index (κ1) is 20.5. The first-order chi connectivity index (χ1) is 14.7. The third-order valence-corrected chi connectivity index (χ3v) is 4.94. The van der Waals surface area contributed by atoms with Gasteiger partial charge in [0, 0.05) is 22.3 Å². The molecule has 1 saturated heterocycles. The number of benzene rings is 2. The molecule has 3 aromatic rings. The van der Waals surface area contributed by atoms with Crippen molar-refractivity contribution in [3.05, 3.63) is 64.4 Å². The van der Waals surface area contributed by atoms with E-state index in [4.69, 9.17) is 4.74 Å². The second-order valence-electron chi connectivity index (χ2n) is 6.83. The maximum Gasteiger partial charge on any atom is 0.417 e. The third kappa shape index (κ3) is 3.72. The van der Waals surface area contributed by atoms with Crippen LogP contribution in [0.25, 0.3) is 22.0 Å². The molecule has 160 valence electrons. The van der Waals surface area contributed by atoms with Gasteiger partial charge in [-0.2, -0.15) is 13.2 Å². The molecule has 1 aliphatic rings. The second kappa shape index (κ2) is 7.46. The van der Waals surface area contributed by atoms with Gasteiger partial charge in [-0.1, -0.05) is 24.3 Å². The number of alkyl halides is 3. The summed E-state index contributed by atoms with van der Waals surface area (Å²) in [6, 6.07) is 10.8. The third-order valence-electron chi connectivity index (χ3n) is 4.94. The van der Waals surface area contributed by atoms with E-state index in [0.29, 0.717) is 11.1 Å². The Hall–Kier alpha value is -3.82. The van der Waals surface area contributed by atoms with Crippen LogP contribution < -0.4 is 10.5 Å². The summed E-state index contributed by atoms with van der Waals surface area (Å²) in [5.74, 6) is -0.706. The molecule has 1 amide bonds. The van der Waals surface area contributed by atoms with Crippen LogP contribution in [-0.4, -0.2) is 36.8 Å². The molecule has 7 nitrogen and oxygen atoms in total. The summed E-state index contributed by atoms with van der Waals surface area (Å²) in [7, 11) is 1.17. The number of H-pyrrole nitrogens is 1. The zero-order valence-electron chi connectivity index (χ0n) is 16.0. The van der Waals surface area contributed by atoms with Crippen molar-refractivity contribution in [1.29, 1.82) is 0 Å². The van der Waals surface area contributed by atoms with Crippen molar-refractivity contribution in [1.82, 2.24) is 4.98 Å². The number of nitrogens with zero attached hydrogens (tertiary/aromatic N) is 1. The highest BCUT2D eigenvalue weighted by atomic mass is 19.4. The summed E-state index contributed by atoms with van der Waals surface area (Å²) in [6.07, 6.45) is -6.45. The fourth-order valence-electron chi connectivity index (χ4n) is 3.45. The summed E-state index contributed by atoms with van der Waals surface area (Å²) in [6.45, 7) is -0.0913. The molecule has 0 spiro atoms. The Morgan fingerprint density at radius 3 is 2.61 bits per heavy atom. The minimum atomic E-state index is -4.58. The van der Waals surface area contributed by atoms with Crippen LogP contribution in [0.3, 0.4) is 0 Å². The second-order valence-corrected chi connectivity index (χ2v) is 6.83. The normalized spacial score (nSPS) is 16.5. The number of ether oxygens (including phenoxy) is 2. The summed E-state index contributed by atoms with van der Waals surface area (Å²) in [5, 5.41) is 0.552. The summed E-state index contributed by atoms with van der Waals surface area (Å²) < 4.78 is 49.6. The van der Waals surface area contributed by atoms with Crippen LogP contribution in [0.15, 0.2) is 53.3 Å². The molecule has 0 unspecified atom stereocenters. The maximum absolute atomic E-state index is 13.4. The van der Waals surface area contributed by atoms with E-state index in [2.05, 4.69) is 9.72 Å². The molecule has 1 aromatic heterocycles. The number of amides is 1. The van der Waals surface area contributed by atoms with Crippen molar-refractivity contribution < 1.29 is 32.2 Å². The van der Waals surface area contributed by atoms with Crippen LogP contribution in [0.1, 0.15) is 5.56 Å². The van der Waals surface area contributed by atoms with E-state index < -0.39 is 35.5 Å². The first-order valence-corrected chi connectivity index (χ1v) is 9.08. The van der Waals surface area contributed by atoms with Gasteiger partial charge in [0.25, 0.3) is 5.56 Å². The predicted molar refractivity (Wildman–Crippen MR) is 105 cm³/mol. The van der Waals surface area contributed by atoms with Crippen molar-refractivity contribution in [2.24, 2.45) is 0 Å². The number of esters is 1. The number of hydrogen-bond donors (Lipinski definition) is 1. The van der Waals surface area contributed by atoms with E-state index in [-0.39, 0.29) is 23.2 Å². The summed E-state index contributed by atoms with van der Waals surface area (Å²) in [4.78, 5) is 40.0. The number of aromatic amines is 1. The number of fused-ring (bicyclic) bond motifs is 1. The molecule has 1 fully saturated rings. The number of methoxy groups -OCH3 is 1. The average Bonchev–Trinajstić information content (AvgIpc) is 3.14. The van der Waals surface area contributed by atoms with Gasteiger partial charge in [0.15, 0.2) is 0 Å². The number of carbonyl (C=O) groups excluding carboxylic acids is 2. The van der Waals surface area contributed by atoms with E-state index in [1.807, 2.05) is 0 Å². The molecule has 0 bridgehead atoms. The van der Waals surface area contributed by atoms with Crippen molar-refractivity contribution in [3.63, 3.8) is 0 Å². The lowest BCUT2D eigenvalue weighted by molar-refractivity contribution is -0.148. The average molecular weight is 432 g/mol. The molecule has 2 aromatic carbocycles. The minimum Gasteiger partial charge on any atom is -0.466 e. The van der Waals surface area contributed by atoms with Crippen molar-refractivity contribution in [2.45, 2.75) is 12.3 Å². The SMILES string of the molecule is COC(=O)[C@H]1CN(c2ccc3cc(-c4ccccc4C(F)(F)F)[nH]c(=O)c3c2)C(=O)O1. The molecule has 1 atom stereocenters. The first-order valence-electron chi connectivity index (χ1n) is 9.08. The number of carbonyl (C=O) groups is 2. The van der Waals surface area contributed by atoms with Crippen LogP contribution in [0.2, 0.25) is 0 Å². The fourth-order valence-corrected chi connectivity index (χ4v) is 3.45. The highest BCUT2D eigenvalue weighted by Gasteiger charge is 2.38. The zero-order chi connectivity index (χ0) is 22.3. The van der Waals surface area contributed by atoms with Gasteiger partial charge < -0.3 is 14.5 Å². The van der Waals surface area contributed by atoms with Crippen molar-refractivity contribution >= 4 is 28.5 Å². The van der Waals surface area contributed by atoms with E-state index in [0.717, 1.165) is 6.07 Å². The van der Waals surface area contributed by atoms with Crippen LogP contribution in [0.4, 0.5) is 23.7 Å². The van der Waals surface area contributed by atoms with Gasteiger partial charge in [-0.15, -0.1) is 0 Å². The van der Waals surface area contributed by atoms with E-state index in [1.54, 1.807) is 0 Å². The van der Waals surface area contributed by atoms with Gasteiger partial charge in [-0.25, -0.2) is 9.59 Å². The molecule has 1 N–H and O–H groups in total. The van der Waals surface area contributed by atoms with Crippen LogP contribution in [-0.2, 0) is 20.4 Å². The molecule has 2 heterocycles. The lowest BCUT2D eigenvalue weighted by atomic mass is 10.0. The fraction of sp³-hybridized carbons (Fsp3) is 0.190. The Morgan fingerprint density at radius 1 is 1.16 bits per heavy atom. The molecule has 1 aliphatic heterocycles. The minimum absolute atomic E-state index is 0.0181. The van der Waals surface area contributed by atoms with Crippen LogP contribution >= 0.6 is 0 Å². The topological polar surface area (TPSA) is 88.7 Å². The Morgan fingerprint density at radius 2 is 1.90 bits per heavy atom.